The monoisotopic (exact) mass is 263 g/mol. The van der Waals surface area contributed by atoms with Crippen LogP contribution in [0.25, 0.3) is 0 Å². The Balaban J connectivity index is 2.02. The molecule has 0 spiro atoms. The summed E-state index contributed by atoms with van der Waals surface area (Å²) in [7, 11) is 0. The standard InChI is InChI=1S/C14H21N3O2/c1-3-19-14(18)7-6-11-9-13(17-10(2)16-11)12-5-4-8-15-12/h9,12,15H,3-8H2,1-2H3. The maximum Gasteiger partial charge on any atom is 0.306 e. The molecule has 1 aromatic heterocycles. The molecule has 0 aliphatic carbocycles. The Bertz CT molecular complexity index is 442. The van der Waals surface area contributed by atoms with E-state index in [2.05, 4.69) is 15.3 Å². The van der Waals surface area contributed by atoms with E-state index >= 15 is 0 Å². The molecule has 1 aliphatic rings. The number of hydrogen-bond acceptors (Lipinski definition) is 5. The van der Waals surface area contributed by atoms with Crippen molar-refractivity contribution in [2.45, 2.75) is 45.6 Å². The smallest absolute Gasteiger partial charge is 0.306 e. The van der Waals surface area contributed by atoms with E-state index in [0.717, 1.165) is 30.2 Å². The number of carbonyl (C=O) groups excluding carboxylic acids is 1. The Morgan fingerprint density at radius 1 is 1.53 bits per heavy atom. The van der Waals surface area contributed by atoms with Crippen LogP contribution in [0.1, 0.15) is 49.4 Å². The summed E-state index contributed by atoms with van der Waals surface area (Å²) in [6.07, 6.45) is 3.30. The summed E-state index contributed by atoms with van der Waals surface area (Å²) in [5.41, 5.74) is 1.97. The van der Waals surface area contributed by atoms with Crippen LogP contribution < -0.4 is 5.32 Å². The molecule has 2 rings (SSSR count). The Labute approximate surface area is 113 Å². The van der Waals surface area contributed by atoms with Crippen molar-refractivity contribution < 1.29 is 9.53 Å². The molecule has 1 aliphatic heterocycles. The Morgan fingerprint density at radius 3 is 3.05 bits per heavy atom. The lowest BCUT2D eigenvalue weighted by atomic mass is 10.1. The highest BCUT2D eigenvalue weighted by Gasteiger charge is 2.18. The highest BCUT2D eigenvalue weighted by molar-refractivity contribution is 5.69. The number of carbonyl (C=O) groups is 1. The summed E-state index contributed by atoms with van der Waals surface area (Å²) in [6, 6.07) is 2.35. The van der Waals surface area contributed by atoms with Crippen molar-refractivity contribution in [3.05, 3.63) is 23.3 Å². The maximum atomic E-state index is 11.4. The van der Waals surface area contributed by atoms with Gasteiger partial charge in [0.15, 0.2) is 0 Å². The zero-order valence-electron chi connectivity index (χ0n) is 11.6. The van der Waals surface area contributed by atoms with E-state index in [-0.39, 0.29) is 5.97 Å². The third-order valence-electron chi connectivity index (χ3n) is 3.22. The predicted octanol–water partition coefficient (Wildman–Crippen LogP) is 1.71. The number of nitrogens with zero attached hydrogens (tertiary/aromatic N) is 2. The van der Waals surface area contributed by atoms with Gasteiger partial charge in [0.05, 0.1) is 18.7 Å². The van der Waals surface area contributed by atoms with Crippen LogP contribution in [0.5, 0.6) is 0 Å². The highest BCUT2D eigenvalue weighted by Crippen LogP contribution is 2.22. The Hall–Kier alpha value is -1.49. The number of ether oxygens (including phenoxy) is 1. The van der Waals surface area contributed by atoms with Gasteiger partial charge in [-0.1, -0.05) is 0 Å². The van der Waals surface area contributed by atoms with Crippen molar-refractivity contribution in [3.8, 4) is 0 Å². The fraction of sp³-hybridized carbons (Fsp3) is 0.643. The molecule has 19 heavy (non-hydrogen) atoms. The van der Waals surface area contributed by atoms with Crippen molar-refractivity contribution >= 4 is 5.97 Å². The van der Waals surface area contributed by atoms with E-state index in [1.807, 2.05) is 19.9 Å². The van der Waals surface area contributed by atoms with Crippen LogP contribution in [0, 0.1) is 6.92 Å². The molecular weight excluding hydrogens is 242 g/mol. The van der Waals surface area contributed by atoms with E-state index in [4.69, 9.17) is 4.74 Å². The van der Waals surface area contributed by atoms with Gasteiger partial charge in [0.1, 0.15) is 5.82 Å². The molecule has 0 saturated carbocycles. The second-order valence-electron chi connectivity index (χ2n) is 4.79. The van der Waals surface area contributed by atoms with Crippen LogP contribution >= 0.6 is 0 Å². The molecule has 1 unspecified atom stereocenters. The SMILES string of the molecule is CCOC(=O)CCc1cc(C2CCCN2)nc(C)n1. The largest absolute Gasteiger partial charge is 0.466 e. The summed E-state index contributed by atoms with van der Waals surface area (Å²) >= 11 is 0. The van der Waals surface area contributed by atoms with Crippen molar-refractivity contribution in [1.29, 1.82) is 0 Å². The highest BCUT2D eigenvalue weighted by atomic mass is 16.5. The summed E-state index contributed by atoms with van der Waals surface area (Å²) in [5, 5.41) is 3.43. The quantitative estimate of drug-likeness (QED) is 0.819. The molecule has 0 radical (unpaired) electrons. The van der Waals surface area contributed by atoms with Gasteiger partial charge in [0.2, 0.25) is 0 Å². The fourth-order valence-electron chi connectivity index (χ4n) is 2.36. The van der Waals surface area contributed by atoms with E-state index in [1.165, 1.54) is 6.42 Å². The minimum absolute atomic E-state index is 0.167. The molecule has 5 heteroatoms. The zero-order valence-corrected chi connectivity index (χ0v) is 11.6. The van der Waals surface area contributed by atoms with Crippen molar-refractivity contribution in [2.75, 3.05) is 13.2 Å². The maximum absolute atomic E-state index is 11.4. The third kappa shape index (κ3) is 3.99. The molecule has 1 fully saturated rings. The number of nitrogens with one attached hydrogen (secondary N) is 1. The molecule has 1 N–H and O–H groups in total. The van der Waals surface area contributed by atoms with Crippen LogP contribution in [0.15, 0.2) is 6.07 Å². The fourth-order valence-corrected chi connectivity index (χ4v) is 2.36. The van der Waals surface area contributed by atoms with Crippen molar-refractivity contribution in [3.63, 3.8) is 0 Å². The van der Waals surface area contributed by atoms with E-state index in [0.29, 0.717) is 25.5 Å². The Morgan fingerprint density at radius 2 is 2.37 bits per heavy atom. The second kappa shape index (κ2) is 6.61. The predicted molar refractivity (Wildman–Crippen MR) is 71.7 cm³/mol. The van der Waals surface area contributed by atoms with Crippen LogP contribution in [0.2, 0.25) is 0 Å². The molecule has 5 nitrogen and oxygen atoms in total. The Kier molecular flexibility index (Phi) is 4.85. The molecule has 1 saturated heterocycles. The third-order valence-corrected chi connectivity index (χ3v) is 3.22. The van der Waals surface area contributed by atoms with Crippen LogP contribution in [0.3, 0.4) is 0 Å². The number of hydrogen-bond donors (Lipinski definition) is 1. The normalized spacial score (nSPS) is 18.5. The lowest BCUT2D eigenvalue weighted by Crippen LogP contribution is -2.16. The molecule has 0 amide bonds. The summed E-state index contributed by atoms with van der Waals surface area (Å²) in [5.74, 6) is 0.601. The number of aryl methyl sites for hydroxylation is 2. The first-order valence-electron chi connectivity index (χ1n) is 6.92. The molecule has 0 bridgehead atoms. The lowest BCUT2D eigenvalue weighted by Gasteiger charge is -2.11. The van der Waals surface area contributed by atoms with Gasteiger partial charge in [-0.05, 0) is 39.3 Å². The van der Waals surface area contributed by atoms with Crippen LogP contribution in [0.4, 0.5) is 0 Å². The van der Waals surface area contributed by atoms with Gasteiger partial charge in [0, 0.05) is 18.2 Å². The summed E-state index contributed by atoms with van der Waals surface area (Å²) in [4.78, 5) is 20.2. The van der Waals surface area contributed by atoms with Gasteiger partial charge >= 0.3 is 5.97 Å². The second-order valence-corrected chi connectivity index (χ2v) is 4.79. The average molecular weight is 263 g/mol. The van der Waals surface area contributed by atoms with Gasteiger partial charge in [0.25, 0.3) is 0 Å². The summed E-state index contributed by atoms with van der Waals surface area (Å²) in [6.45, 7) is 5.19. The molecule has 0 aromatic carbocycles. The first-order valence-corrected chi connectivity index (χ1v) is 6.92. The number of aromatic nitrogens is 2. The van der Waals surface area contributed by atoms with Gasteiger partial charge in [-0.2, -0.15) is 0 Å². The van der Waals surface area contributed by atoms with E-state index in [1.54, 1.807) is 0 Å². The number of esters is 1. The molecule has 1 aromatic rings. The molecular formula is C14H21N3O2. The number of rotatable bonds is 5. The topological polar surface area (TPSA) is 64.1 Å². The lowest BCUT2D eigenvalue weighted by molar-refractivity contribution is -0.143. The molecule has 1 atom stereocenters. The first kappa shape index (κ1) is 13.9. The van der Waals surface area contributed by atoms with Crippen LogP contribution in [-0.4, -0.2) is 29.1 Å². The van der Waals surface area contributed by atoms with Gasteiger partial charge in [-0.15, -0.1) is 0 Å². The van der Waals surface area contributed by atoms with Gasteiger partial charge < -0.3 is 10.1 Å². The van der Waals surface area contributed by atoms with Crippen molar-refractivity contribution in [2.24, 2.45) is 0 Å². The van der Waals surface area contributed by atoms with Gasteiger partial charge in [-0.3, -0.25) is 4.79 Å². The van der Waals surface area contributed by atoms with E-state index in [9.17, 15) is 4.79 Å². The average Bonchev–Trinajstić information content (AvgIpc) is 2.90. The summed E-state index contributed by atoms with van der Waals surface area (Å²) < 4.78 is 4.93. The van der Waals surface area contributed by atoms with Gasteiger partial charge in [-0.25, -0.2) is 9.97 Å². The van der Waals surface area contributed by atoms with Crippen LogP contribution in [-0.2, 0) is 16.0 Å². The first-order chi connectivity index (χ1) is 9.19. The van der Waals surface area contributed by atoms with E-state index < -0.39 is 0 Å². The molecule has 2 heterocycles. The van der Waals surface area contributed by atoms with Crippen molar-refractivity contribution in [1.82, 2.24) is 15.3 Å². The minimum Gasteiger partial charge on any atom is -0.466 e. The minimum atomic E-state index is -0.167. The zero-order chi connectivity index (χ0) is 13.7. The molecule has 104 valence electrons.